The highest BCUT2D eigenvalue weighted by atomic mass is 79.9. The molecule has 19 heavy (non-hydrogen) atoms. The Kier molecular flexibility index (Phi) is 3.58. The molecular weight excluding hydrogens is 327 g/mol. The monoisotopic (exact) mass is 335 g/mol. The number of carbonyl (C=O) groups excluding carboxylic acids is 1. The molecule has 0 bridgehead atoms. The predicted molar refractivity (Wildman–Crippen MR) is 67.0 cm³/mol. The van der Waals surface area contributed by atoms with Gasteiger partial charge in [-0.3, -0.25) is 0 Å². The van der Waals surface area contributed by atoms with Crippen LogP contribution in [-0.2, 0) is 10.9 Å². The molecular formula is C12H9BrF3NO2. The Morgan fingerprint density at radius 2 is 2.05 bits per heavy atom. The van der Waals surface area contributed by atoms with Crippen molar-refractivity contribution in [3.63, 3.8) is 0 Å². The van der Waals surface area contributed by atoms with Crippen molar-refractivity contribution < 1.29 is 22.7 Å². The largest absolute Gasteiger partial charge is 0.461 e. The van der Waals surface area contributed by atoms with Gasteiger partial charge in [0.05, 0.1) is 12.2 Å². The molecule has 0 amide bonds. The molecule has 3 nitrogen and oxygen atoms in total. The summed E-state index contributed by atoms with van der Waals surface area (Å²) in [6, 6.07) is 3.73. The number of rotatable bonds is 2. The van der Waals surface area contributed by atoms with Gasteiger partial charge in [-0.1, -0.05) is 15.9 Å². The molecule has 2 aromatic rings. The lowest BCUT2D eigenvalue weighted by Crippen LogP contribution is -2.06. The first-order valence-corrected chi connectivity index (χ1v) is 6.19. The molecule has 0 fully saturated rings. The van der Waals surface area contributed by atoms with E-state index in [0.29, 0.717) is 5.39 Å². The summed E-state index contributed by atoms with van der Waals surface area (Å²) < 4.78 is 42.9. The molecule has 0 atom stereocenters. The normalized spacial score (nSPS) is 11.8. The Hall–Kier alpha value is -1.50. The maximum absolute atomic E-state index is 12.7. The quantitative estimate of drug-likeness (QED) is 0.838. The number of esters is 1. The number of ether oxygens (including phenoxy) is 1. The summed E-state index contributed by atoms with van der Waals surface area (Å²) in [5.41, 5.74) is -0.432. The number of hydrogen-bond acceptors (Lipinski definition) is 2. The van der Waals surface area contributed by atoms with Crippen molar-refractivity contribution in [1.29, 1.82) is 0 Å². The van der Waals surface area contributed by atoms with Gasteiger partial charge in [0.25, 0.3) is 0 Å². The Morgan fingerprint density at radius 3 is 2.63 bits per heavy atom. The third-order valence-electron chi connectivity index (χ3n) is 2.51. The summed E-state index contributed by atoms with van der Waals surface area (Å²) in [6.07, 6.45) is -4.46. The van der Waals surface area contributed by atoms with Gasteiger partial charge in [-0.05, 0) is 25.1 Å². The summed E-state index contributed by atoms with van der Waals surface area (Å²) in [4.78, 5) is 14.1. The number of hydrogen-bond donors (Lipinski definition) is 1. The molecule has 1 N–H and O–H groups in total. The van der Waals surface area contributed by atoms with Gasteiger partial charge in [0, 0.05) is 15.4 Å². The van der Waals surface area contributed by atoms with E-state index in [1.165, 1.54) is 12.1 Å². The van der Waals surface area contributed by atoms with E-state index in [1.807, 2.05) is 0 Å². The van der Waals surface area contributed by atoms with Crippen molar-refractivity contribution in [3.05, 3.63) is 33.9 Å². The standard InChI is InChI=1S/C12H9BrF3NO2/c1-2-19-11(18)10-4-6-3-8(13)7(12(14,15)16)5-9(6)17-10/h3-5,17H,2H2,1H3. The molecule has 0 aliphatic carbocycles. The fourth-order valence-electron chi connectivity index (χ4n) is 1.69. The average Bonchev–Trinajstić information content (AvgIpc) is 2.69. The first-order chi connectivity index (χ1) is 8.82. The number of fused-ring (bicyclic) bond motifs is 1. The molecule has 2 rings (SSSR count). The number of benzene rings is 1. The zero-order valence-electron chi connectivity index (χ0n) is 9.77. The van der Waals surface area contributed by atoms with Crippen LogP contribution < -0.4 is 0 Å². The Bertz CT molecular complexity index is 634. The second kappa shape index (κ2) is 4.88. The van der Waals surface area contributed by atoms with Crippen molar-refractivity contribution >= 4 is 32.8 Å². The Labute approximate surface area is 114 Å². The van der Waals surface area contributed by atoms with Gasteiger partial charge < -0.3 is 9.72 Å². The number of halogens is 4. The summed E-state index contributed by atoms with van der Waals surface area (Å²) in [7, 11) is 0. The van der Waals surface area contributed by atoms with Crippen LogP contribution in [0.5, 0.6) is 0 Å². The van der Waals surface area contributed by atoms with Gasteiger partial charge >= 0.3 is 12.1 Å². The minimum Gasteiger partial charge on any atom is -0.461 e. The molecule has 0 radical (unpaired) electrons. The zero-order valence-corrected chi connectivity index (χ0v) is 11.4. The third-order valence-corrected chi connectivity index (χ3v) is 3.17. The molecule has 102 valence electrons. The van der Waals surface area contributed by atoms with Crippen LogP contribution in [0, 0.1) is 0 Å². The number of aromatic amines is 1. The van der Waals surface area contributed by atoms with Crippen LogP contribution >= 0.6 is 15.9 Å². The van der Waals surface area contributed by atoms with Crippen LogP contribution in [0.1, 0.15) is 23.0 Å². The smallest absolute Gasteiger partial charge is 0.417 e. The lowest BCUT2D eigenvalue weighted by molar-refractivity contribution is -0.138. The van der Waals surface area contributed by atoms with Crippen LogP contribution in [0.3, 0.4) is 0 Å². The molecule has 0 spiro atoms. The molecule has 1 heterocycles. The fraction of sp³-hybridized carbons (Fsp3) is 0.250. The molecule has 7 heteroatoms. The number of aromatic nitrogens is 1. The average molecular weight is 336 g/mol. The van der Waals surface area contributed by atoms with Crippen molar-refractivity contribution in [2.75, 3.05) is 6.61 Å². The van der Waals surface area contributed by atoms with E-state index in [9.17, 15) is 18.0 Å². The van der Waals surface area contributed by atoms with Crippen LogP contribution in [0.15, 0.2) is 22.7 Å². The van der Waals surface area contributed by atoms with E-state index in [-0.39, 0.29) is 22.3 Å². The van der Waals surface area contributed by atoms with E-state index in [0.717, 1.165) is 6.07 Å². The van der Waals surface area contributed by atoms with Crippen molar-refractivity contribution in [2.24, 2.45) is 0 Å². The number of nitrogens with one attached hydrogen (secondary N) is 1. The second-order valence-corrected chi connectivity index (χ2v) is 4.67. The predicted octanol–water partition coefficient (Wildman–Crippen LogP) is 4.13. The van der Waals surface area contributed by atoms with E-state index in [4.69, 9.17) is 4.74 Å². The summed E-state index contributed by atoms with van der Waals surface area (Å²) in [6.45, 7) is 1.85. The highest BCUT2D eigenvalue weighted by Gasteiger charge is 2.33. The van der Waals surface area contributed by atoms with Gasteiger partial charge in [0.1, 0.15) is 5.69 Å². The van der Waals surface area contributed by atoms with Crippen LogP contribution in [0.25, 0.3) is 10.9 Å². The van der Waals surface area contributed by atoms with E-state index >= 15 is 0 Å². The zero-order chi connectivity index (χ0) is 14.2. The van der Waals surface area contributed by atoms with Crippen molar-refractivity contribution in [1.82, 2.24) is 4.98 Å². The summed E-state index contributed by atoms with van der Waals surface area (Å²) in [5, 5.41) is 0.503. The van der Waals surface area contributed by atoms with E-state index in [1.54, 1.807) is 6.92 Å². The second-order valence-electron chi connectivity index (χ2n) is 3.82. The first kappa shape index (κ1) is 13.9. The highest BCUT2D eigenvalue weighted by molar-refractivity contribution is 9.10. The third kappa shape index (κ3) is 2.75. The molecule has 0 saturated carbocycles. The maximum atomic E-state index is 12.7. The number of H-pyrrole nitrogens is 1. The highest BCUT2D eigenvalue weighted by Crippen LogP contribution is 2.37. The summed E-state index contributed by atoms with van der Waals surface area (Å²) >= 11 is 2.88. The molecule has 0 unspecified atom stereocenters. The Morgan fingerprint density at radius 1 is 1.37 bits per heavy atom. The minimum absolute atomic E-state index is 0.0677. The van der Waals surface area contributed by atoms with Gasteiger partial charge in [0.2, 0.25) is 0 Å². The SMILES string of the molecule is CCOC(=O)c1cc2cc(Br)c(C(F)(F)F)cc2[nH]1. The van der Waals surface area contributed by atoms with Gasteiger partial charge in [0.15, 0.2) is 0 Å². The lowest BCUT2D eigenvalue weighted by atomic mass is 10.1. The van der Waals surface area contributed by atoms with Gasteiger partial charge in [-0.2, -0.15) is 13.2 Å². The van der Waals surface area contributed by atoms with Crippen LogP contribution in [-0.4, -0.2) is 17.6 Å². The van der Waals surface area contributed by atoms with Gasteiger partial charge in [-0.25, -0.2) is 4.79 Å². The first-order valence-electron chi connectivity index (χ1n) is 5.39. The van der Waals surface area contributed by atoms with E-state index < -0.39 is 17.7 Å². The molecule has 0 aliphatic heterocycles. The summed E-state index contributed by atoms with van der Waals surface area (Å²) in [5.74, 6) is -0.594. The molecule has 1 aromatic carbocycles. The molecule has 0 aliphatic rings. The maximum Gasteiger partial charge on any atom is 0.417 e. The van der Waals surface area contributed by atoms with E-state index in [2.05, 4.69) is 20.9 Å². The topological polar surface area (TPSA) is 42.1 Å². The number of alkyl halides is 3. The Balaban J connectivity index is 2.52. The number of carbonyl (C=O) groups is 1. The van der Waals surface area contributed by atoms with Gasteiger partial charge in [-0.15, -0.1) is 0 Å². The lowest BCUT2D eigenvalue weighted by Gasteiger charge is -2.08. The van der Waals surface area contributed by atoms with Crippen LogP contribution in [0.4, 0.5) is 13.2 Å². The fourth-order valence-corrected chi connectivity index (χ4v) is 2.27. The van der Waals surface area contributed by atoms with Crippen LogP contribution in [0.2, 0.25) is 0 Å². The molecule has 0 saturated heterocycles. The van der Waals surface area contributed by atoms with Crippen molar-refractivity contribution in [3.8, 4) is 0 Å². The molecule has 1 aromatic heterocycles. The minimum atomic E-state index is -4.46. The van der Waals surface area contributed by atoms with Crippen molar-refractivity contribution in [2.45, 2.75) is 13.1 Å².